The van der Waals surface area contributed by atoms with E-state index < -0.39 is 0 Å². The van der Waals surface area contributed by atoms with Gasteiger partial charge in [-0.15, -0.1) is 0 Å². The summed E-state index contributed by atoms with van der Waals surface area (Å²) in [6.45, 7) is 50.3. The van der Waals surface area contributed by atoms with Crippen LogP contribution in [0.5, 0.6) is 0 Å². The highest BCUT2D eigenvalue weighted by atomic mass is 15.1. The highest BCUT2D eigenvalue weighted by molar-refractivity contribution is 7.04. The van der Waals surface area contributed by atoms with Gasteiger partial charge in [-0.1, -0.05) is 230 Å². The molecule has 0 spiro atoms. The molecule has 0 saturated heterocycles. The Labute approximate surface area is 517 Å². The van der Waals surface area contributed by atoms with E-state index in [-0.39, 0.29) is 51.3 Å². The molecule has 5 heteroatoms. The lowest BCUT2D eigenvalue weighted by atomic mass is 9.29. The molecular weight excluding hydrogens is 1050 g/mol. The van der Waals surface area contributed by atoms with Crippen molar-refractivity contribution in [3.63, 3.8) is 0 Å². The Balaban J connectivity index is 1.16. The van der Waals surface area contributed by atoms with Crippen molar-refractivity contribution < 1.29 is 0 Å². The fourth-order valence-corrected chi connectivity index (χ4v) is 16.4. The van der Waals surface area contributed by atoms with Crippen LogP contribution in [0.1, 0.15) is 184 Å². The van der Waals surface area contributed by atoms with Gasteiger partial charge in [0.15, 0.2) is 0 Å². The van der Waals surface area contributed by atoms with E-state index in [1.54, 1.807) is 0 Å². The summed E-state index contributed by atoms with van der Waals surface area (Å²) in [5.74, 6) is 0. The highest BCUT2D eigenvalue weighted by Crippen LogP contribution is 2.50. The van der Waals surface area contributed by atoms with Crippen LogP contribution >= 0.6 is 0 Å². The van der Waals surface area contributed by atoms with Gasteiger partial charge in [0.2, 0.25) is 0 Å². The Morgan fingerprint density at radius 2 is 0.552 bits per heavy atom. The van der Waals surface area contributed by atoms with Crippen molar-refractivity contribution in [1.29, 1.82) is 0 Å². The zero-order chi connectivity index (χ0) is 61.4. The maximum absolute atomic E-state index is 2.85. The Morgan fingerprint density at radius 3 is 0.966 bits per heavy atom. The van der Waals surface area contributed by atoms with E-state index in [0.29, 0.717) is 0 Å². The van der Waals surface area contributed by atoms with Gasteiger partial charge in [0.05, 0.1) is 11.0 Å². The largest absolute Gasteiger partial charge is 0.311 e. The minimum absolute atomic E-state index is 0.0284. The van der Waals surface area contributed by atoms with Crippen LogP contribution in [0.25, 0.3) is 105 Å². The fourth-order valence-electron chi connectivity index (χ4n) is 16.4. The molecule has 7 heterocycles. The third-order valence-electron chi connectivity index (χ3n) is 21.2. The SMILES string of the molecule is CC(C)(C)c1ccc(-c2ccc3c(c2)c2cc(-c4ccc(C(C)(C)C)cc4)cc4c2n3-c2c3c5c6c(c2C(C)(C)C)-n2c7ccc(C(C)(C)C)cc7c7cc(C(C)(C)C)cc(c72)B6c2cc(C(C)(C)C)cc6c7cc(C(C)(C)C)cc(c7n-5c26)B34)cc1. The first-order valence-electron chi connectivity index (χ1n) is 32.5. The molecule has 87 heavy (non-hydrogen) atoms. The first-order valence-corrected chi connectivity index (χ1v) is 32.5. The van der Waals surface area contributed by atoms with E-state index in [2.05, 4.69) is 293 Å². The highest BCUT2D eigenvalue weighted by Gasteiger charge is 2.52. The summed E-state index contributed by atoms with van der Waals surface area (Å²) in [6.07, 6.45) is 0. The number of benzene rings is 9. The Kier molecular flexibility index (Phi) is 10.6. The zero-order valence-corrected chi connectivity index (χ0v) is 55.7. The smallest absolute Gasteiger partial charge is 0.252 e. The third kappa shape index (κ3) is 7.44. The van der Waals surface area contributed by atoms with E-state index in [1.165, 1.54) is 176 Å². The molecule has 9 aromatic carbocycles. The molecule has 0 amide bonds. The maximum atomic E-state index is 2.85. The summed E-state index contributed by atoms with van der Waals surface area (Å²) in [6, 6.07) is 54.9. The van der Waals surface area contributed by atoms with Gasteiger partial charge in [-0.3, -0.25) is 0 Å². The van der Waals surface area contributed by atoms with E-state index in [9.17, 15) is 0 Å². The molecular formula is C82H85B2N3. The summed E-state index contributed by atoms with van der Waals surface area (Å²) in [7, 11) is 0. The van der Waals surface area contributed by atoms with Gasteiger partial charge in [-0.25, -0.2) is 0 Å². The van der Waals surface area contributed by atoms with E-state index in [4.69, 9.17) is 0 Å². The summed E-state index contributed by atoms with van der Waals surface area (Å²) >= 11 is 0. The minimum atomic E-state index is -0.325. The van der Waals surface area contributed by atoms with Gasteiger partial charge in [-0.2, -0.15) is 0 Å². The average Bonchev–Trinajstić information content (AvgIpc) is 1.57. The van der Waals surface area contributed by atoms with Crippen molar-refractivity contribution in [2.45, 2.75) is 183 Å². The summed E-state index contributed by atoms with van der Waals surface area (Å²) in [5.41, 5.74) is 34.9. The van der Waals surface area contributed by atoms with Crippen LogP contribution in [-0.2, 0) is 37.9 Å². The van der Waals surface area contributed by atoms with Crippen molar-refractivity contribution in [2.24, 2.45) is 0 Å². The lowest BCUT2D eigenvalue weighted by Gasteiger charge is -2.45. The van der Waals surface area contributed by atoms with Crippen molar-refractivity contribution in [1.82, 2.24) is 13.7 Å². The maximum Gasteiger partial charge on any atom is 0.252 e. The van der Waals surface area contributed by atoms with Gasteiger partial charge in [0, 0.05) is 77.0 Å². The van der Waals surface area contributed by atoms with Crippen molar-refractivity contribution in [3.05, 3.63) is 172 Å². The van der Waals surface area contributed by atoms with Gasteiger partial charge in [0.25, 0.3) is 13.4 Å². The number of rotatable bonds is 2. The summed E-state index contributed by atoms with van der Waals surface area (Å²) in [5, 5.41) is 8.09. The van der Waals surface area contributed by atoms with E-state index in [1.807, 2.05) is 0 Å². The van der Waals surface area contributed by atoms with Gasteiger partial charge >= 0.3 is 0 Å². The van der Waals surface area contributed by atoms with Gasteiger partial charge in [0.1, 0.15) is 0 Å². The molecule has 3 nitrogen and oxygen atoms in total. The average molecular weight is 1130 g/mol. The number of fused-ring (bicyclic) bond motifs is 13. The number of aromatic nitrogens is 3. The molecule has 16 rings (SSSR count). The Hall–Kier alpha value is -7.49. The van der Waals surface area contributed by atoms with Gasteiger partial charge < -0.3 is 13.7 Å². The molecule has 0 atom stereocenters. The molecule has 0 unspecified atom stereocenters. The second-order valence-electron chi connectivity index (χ2n) is 34.3. The number of hydrogen-bond acceptors (Lipinski definition) is 0. The molecule has 0 aliphatic carbocycles. The van der Waals surface area contributed by atoms with Crippen LogP contribution in [0.4, 0.5) is 0 Å². The molecule has 0 saturated carbocycles. The van der Waals surface area contributed by atoms with E-state index >= 15 is 0 Å². The molecule has 4 aliphatic rings. The zero-order valence-electron chi connectivity index (χ0n) is 55.7. The predicted octanol–water partition coefficient (Wildman–Crippen LogP) is 17.7. The number of nitrogens with zero attached hydrogens (tertiary/aromatic N) is 3. The first kappa shape index (κ1) is 54.9. The standard InChI is InChI=1S/C82H85B2N3/c1-76(2,3)48-27-22-44(23-28-48)46-26-32-64-54(34-46)56-35-47(45-24-29-49(30-25-45)77(4,5)6)36-60-69(56)85(64)73-66(82(19,20)21)74-68-75-67(73)83(60)62-42-52(80(13,14)15)39-58-59-40-53(81(16,17)18)43-63(72(59)87(75)71(58)62)84(68)61-41-51(79(10,11)12)38-57-55-37-50(78(7,8)9)31-33-65(55)86(74)70(57)61/h22-43H,1-21H3. The first-order chi connectivity index (χ1) is 40.6. The number of hydrogen-bond donors (Lipinski definition) is 0. The van der Waals surface area contributed by atoms with E-state index in [0.717, 1.165) is 0 Å². The van der Waals surface area contributed by atoms with Crippen LogP contribution in [0.15, 0.2) is 133 Å². The second kappa shape index (κ2) is 16.8. The minimum Gasteiger partial charge on any atom is -0.311 e. The molecule has 12 aromatic rings. The quantitative estimate of drug-likeness (QED) is 0.153. The summed E-state index contributed by atoms with van der Waals surface area (Å²) < 4.78 is 8.48. The lowest BCUT2D eigenvalue weighted by Crippen LogP contribution is -2.67. The Bertz CT molecular complexity index is 5090. The summed E-state index contributed by atoms with van der Waals surface area (Å²) in [4.78, 5) is 0. The normalized spacial score (nSPS) is 14.7. The van der Waals surface area contributed by atoms with Crippen LogP contribution < -0.4 is 32.8 Å². The topological polar surface area (TPSA) is 14.8 Å². The molecule has 0 N–H and O–H groups in total. The molecule has 4 aliphatic heterocycles. The molecule has 0 radical (unpaired) electrons. The van der Waals surface area contributed by atoms with Crippen LogP contribution in [0.2, 0.25) is 0 Å². The van der Waals surface area contributed by atoms with Crippen molar-refractivity contribution in [3.8, 4) is 39.3 Å². The Morgan fingerprint density at radius 1 is 0.241 bits per heavy atom. The van der Waals surface area contributed by atoms with Gasteiger partial charge in [-0.05, 0) is 175 Å². The lowest BCUT2D eigenvalue weighted by molar-refractivity contribution is 0.585. The second-order valence-corrected chi connectivity index (χ2v) is 34.3. The van der Waals surface area contributed by atoms with Crippen molar-refractivity contribution >= 4 is 112 Å². The van der Waals surface area contributed by atoms with Crippen LogP contribution in [0, 0.1) is 0 Å². The van der Waals surface area contributed by atoms with Crippen LogP contribution in [0.3, 0.4) is 0 Å². The molecule has 434 valence electrons. The molecule has 3 aromatic heterocycles. The monoisotopic (exact) mass is 1130 g/mol. The fraction of sp³-hybridized carbons (Fsp3) is 0.341. The molecule has 0 fully saturated rings. The third-order valence-corrected chi connectivity index (χ3v) is 21.2. The predicted molar refractivity (Wildman–Crippen MR) is 381 cm³/mol. The van der Waals surface area contributed by atoms with Crippen molar-refractivity contribution in [2.75, 3.05) is 0 Å². The van der Waals surface area contributed by atoms with Crippen LogP contribution in [-0.4, -0.2) is 27.1 Å². The molecule has 0 bridgehead atoms.